The van der Waals surface area contributed by atoms with Gasteiger partial charge in [-0.05, 0) is 51.0 Å². The summed E-state index contributed by atoms with van der Waals surface area (Å²) in [6.45, 7) is 6.55. The molecule has 1 fully saturated rings. The molecule has 1 aliphatic rings. The number of hydrogen-bond donors (Lipinski definition) is 1. The number of nitrogens with one attached hydrogen (secondary N) is 1. The Balaban J connectivity index is 1.71. The molecular formula is C20H22N2O2. The van der Waals surface area contributed by atoms with Gasteiger partial charge in [0.15, 0.2) is 0 Å². The van der Waals surface area contributed by atoms with Crippen molar-refractivity contribution < 1.29 is 9.59 Å². The van der Waals surface area contributed by atoms with Gasteiger partial charge in [-0.3, -0.25) is 9.59 Å². The predicted molar refractivity (Wildman–Crippen MR) is 95.3 cm³/mol. The molecule has 2 amide bonds. The van der Waals surface area contributed by atoms with E-state index in [1.807, 2.05) is 63.2 Å². The topological polar surface area (TPSA) is 49.4 Å². The Hall–Kier alpha value is -2.62. The molecule has 0 saturated carbocycles. The number of carbonyl (C=O) groups is 2. The maximum absolute atomic E-state index is 12.6. The van der Waals surface area contributed by atoms with Crippen LogP contribution in [0.2, 0.25) is 0 Å². The first-order valence-electron chi connectivity index (χ1n) is 8.22. The summed E-state index contributed by atoms with van der Waals surface area (Å²) in [5, 5.41) is 2.89. The van der Waals surface area contributed by atoms with E-state index in [9.17, 15) is 9.59 Å². The first kappa shape index (κ1) is 16.2. The number of benzene rings is 2. The van der Waals surface area contributed by atoms with Crippen LogP contribution in [0.1, 0.15) is 33.5 Å². The van der Waals surface area contributed by atoms with E-state index in [2.05, 4.69) is 5.32 Å². The standard InChI is InChI=1S/C20H22N2O2/c1-13-4-7-16(8-5-13)22-11-10-18(20(22)24)21-19(23)17-9-6-14(2)12-15(17)3/h4-9,12,18H,10-11H2,1-3H3,(H,21,23). The summed E-state index contributed by atoms with van der Waals surface area (Å²) in [4.78, 5) is 26.8. The minimum atomic E-state index is -0.459. The van der Waals surface area contributed by atoms with Crippen molar-refractivity contribution in [2.75, 3.05) is 11.4 Å². The number of nitrogens with zero attached hydrogens (tertiary/aromatic N) is 1. The maximum atomic E-state index is 12.6. The van der Waals surface area contributed by atoms with Gasteiger partial charge in [-0.15, -0.1) is 0 Å². The first-order valence-corrected chi connectivity index (χ1v) is 8.22. The van der Waals surface area contributed by atoms with Gasteiger partial charge in [-0.25, -0.2) is 0 Å². The normalized spacial score (nSPS) is 17.2. The highest BCUT2D eigenvalue weighted by Gasteiger charge is 2.33. The largest absolute Gasteiger partial charge is 0.340 e. The van der Waals surface area contributed by atoms with Crippen LogP contribution in [0.25, 0.3) is 0 Å². The fourth-order valence-electron chi connectivity index (χ4n) is 3.10. The van der Waals surface area contributed by atoms with Gasteiger partial charge in [-0.1, -0.05) is 35.4 Å². The van der Waals surface area contributed by atoms with Gasteiger partial charge in [0.2, 0.25) is 5.91 Å². The third-order valence-corrected chi connectivity index (χ3v) is 4.48. The highest BCUT2D eigenvalue weighted by molar-refractivity contribution is 6.04. The molecule has 0 aliphatic carbocycles. The third kappa shape index (κ3) is 3.18. The minimum Gasteiger partial charge on any atom is -0.340 e. The molecule has 0 bridgehead atoms. The van der Waals surface area contributed by atoms with Crippen molar-refractivity contribution in [3.63, 3.8) is 0 Å². The third-order valence-electron chi connectivity index (χ3n) is 4.48. The van der Waals surface area contributed by atoms with E-state index in [-0.39, 0.29) is 11.8 Å². The van der Waals surface area contributed by atoms with E-state index in [4.69, 9.17) is 0 Å². The lowest BCUT2D eigenvalue weighted by Crippen LogP contribution is -2.41. The number of amides is 2. The van der Waals surface area contributed by atoms with Gasteiger partial charge < -0.3 is 10.2 Å². The lowest BCUT2D eigenvalue weighted by Gasteiger charge is -2.18. The zero-order valence-corrected chi connectivity index (χ0v) is 14.3. The van der Waals surface area contributed by atoms with Gasteiger partial charge >= 0.3 is 0 Å². The zero-order chi connectivity index (χ0) is 17.3. The summed E-state index contributed by atoms with van der Waals surface area (Å²) < 4.78 is 0. The molecule has 1 saturated heterocycles. The van der Waals surface area contributed by atoms with Crippen LogP contribution in [0.5, 0.6) is 0 Å². The van der Waals surface area contributed by atoms with Gasteiger partial charge in [0, 0.05) is 17.8 Å². The predicted octanol–water partition coefficient (Wildman–Crippen LogP) is 3.15. The molecule has 3 rings (SSSR count). The molecular weight excluding hydrogens is 300 g/mol. The van der Waals surface area contributed by atoms with E-state index in [0.29, 0.717) is 18.5 Å². The number of anilines is 1. The number of rotatable bonds is 3. The molecule has 1 heterocycles. The molecule has 4 nitrogen and oxygen atoms in total. The van der Waals surface area contributed by atoms with Crippen LogP contribution in [-0.4, -0.2) is 24.4 Å². The van der Waals surface area contributed by atoms with Gasteiger partial charge in [0.25, 0.3) is 5.91 Å². The van der Waals surface area contributed by atoms with E-state index < -0.39 is 6.04 Å². The number of aryl methyl sites for hydroxylation is 3. The van der Waals surface area contributed by atoms with Crippen LogP contribution >= 0.6 is 0 Å². The number of hydrogen-bond acceptors (Lipinski definition) is 2. The molecule has 1 N–H and O–H groups in total. The summed E-state index contributed by atoms with van der Waals surface area (Å²) in [6, 6.07) is 13.1. The summed E-state index contributed by atoms with van der Waals surface area (Å²) in [5.41, 5.74) is 4.71. The van der Waals surface area contributed by atoms with Crippen molar-refractivity contribution in [2.45, 2.75) is 33.2 Å². The summed E-state index contributed by atoms with van der Waals surface area (Å²) in [7, 11) is 0. The van der Waals surface area contributed by atoms with Gasteiger partial charge in [0.1, 0.15) is 6.04 Å². The molecule has 0 spiro atoms. The second-order valence-electron chi connectivity index (χ2n) is 6.46. The summed E-state index contributed by atoms with van der Waals surface area (Å²) in [5.74, 6) is -0.228. The van der Waals surface area contributed by atoms with Crippen molar-refractivity contribution >= 4 is 17.5 Å². The fourth-order valence-corrected chi connectivity index (χ4v) is 3.10. The Bertz CT molecular complexity index is 781. The van der Waals surface area contributed by atoms with Crippen molar-refractivity contribution in [3.05, 3.63) is 64.7 Å². The Morgan fingerprint density at radius 3 is 2.38 bits per heavy atom. The van der Waals surface area contributed by atoms with Crippen LogP contribution < -0.4 is 10.2 Å². The van der Waals surface area contributed by atoms with Crippen molar-refractivity contribution in [2.24, 2.45) is 0 Å². The van der Waals surface area contributed by atoms with Crippen LogP contribution in [0.15, 0.2) is 42.5 Å². The van der Waals surface area contributed by atoms with Crippen LogP contribution in [0.4, 0.5) is 5.69 Å². The molecule has 4 heteroatoms. The lowest BCUT2D eigenvalue weighted by molar-refractivity contribution is -0.118. The van der Waals surface area contributed by atoms with Crippen molar-refractivity contribution in [3.8, 4) is 0 Å². The highest BCUT2D eigenvalue weighted by atomic mass is 16.2. The van der Waals surface area contributed by atoms with E-state index in [0.717, 1.165) is 22.4 Å². The summed E-state index contributed by atoms with van der Waals surface area (Å²) >= 11 is 0. The molecule has 1 atom stereocenters. The average molecular weight is 322 g/mol. The van der Waals surface area contributed by atoms with Crippen molar-refractivity contribution in [1.29, 1.82) is 0 Å². The second-order valence-corrected chi connectivity index (χ2v) is 6.46. The Labute approximate surface area is 142 Å². The van der Waals surface area contributed by atoms with E-state index in [1.54, 1.807) is 4.90 Å². The zero-order valence-electron chi connectivity index (χ0n) is 14.3. The van der Waals surface area contributed by atoms with Crippen LogP contribution in [0, 0.1) is 20.8 Å². The molecule has 24 heavy (non-hydrogen) atoms. The Kier molecular flexibility index (Phi) is 4.38. The molecule has 124 valence electrons. The van der Waals surface area contributed by atoms with Gasteiger partial charge in [-0.2, -0.15) is 0 Å². The maximum Gasteiger partial charge on any atom is 0.252 e. The molecule has 2 aromatic rings. The first-order chi connectivity index (χ1) is 11.5. The number of carbonyl (C=O) groups excluding carboxylic acids is 2. The van der Waals surface area contributed by atoms with E-state index >= 15 is 0 Å². The van der Waals surface area contributed by atoms with Crippen LogP contribution in [0.3, 0.4) is 0 Å². The summed E-state index contributed by atoms with van der Waals surface area (Å²) in [6.07, 6.45) is 0.628. The monoisotopic (exact) mass is 322 g/mol. The smallest absolute Gasteiger partial charge is 0.252 e. The van der Waals surface area contributed by atoms with E-state index in [1.165, 1.54) is 0 Å². The highest BCUT2D eigenvalue weighted by Crippen LogP contribution is 2.22. The SMILES string of the molecule is Cc1ccc(N2CCC(NC(=O)c3ccc(C)cc3C)C2=O)cc1. The molecule has 2 aromatic carbocycles. The quantitative estimate of drug-likeness (QED) is 0.944. The lowest BCUT2D eigenvalue weighted by atomic mass is 10.0. The van der Waals surface area contributed by atoms with Gasteiger partial charge in [0.05, 0.1) is 0 Å². The molecule has 0 aromatic heterocycles. The molecule has 0 radical (unpaired) electrons. The average Bonchev–Trinajstić information content (AvgIpc) is 2.89. The molecule has 1 aliphatic heterocycles. The van der Waals surface area contributed by atoms with Crippen LogP contribution in [-0.2, 0) is 4.79 Å². The Morgan fingerprint density at radius 1 is 1.04 bits per heavy atom. The second kappa shape index (κ2) is 6.48. The minimum absolute atomic E-state index is 0.0445. The Morgan fingerprint density at radius 2 is 1.71 bits per heavy atom. The fraction of sp³-hybridized carbons (Fsp3) is 0.300. The molecule has 1 unspecified atom stereocenters. The van der Waals surface area contributed by atoms with Crippen molar-refractivity contribution in [1.82, 2.24) is 5.32 Å².